The van der Waals surface area contributed by atoms with Gasteiger partial charge in [0.25, 0.3) is 5.91 Å². The van der Waals surface area contributed by atoms with E-state index in [1.54, 1.807) is 58.0 Å². The van der Waals surface area contributed by atoms with Gasteiger partial charge in [-0.2, -0.15) is 0 Å². The number of ether oxygens (including phenoxy) is 2. The third kappa shape index (κ3) is 6.40. The molecule has 1 aliphatic rings. The van der Waals surface area contributed by atoms with Crippen LogP contribution in [0.5, 0.6) is 0 Å². The summed E-state index contributed by atoms with van der Waals surface area (Å²) < 4.78 is 12.3. The van der Waals surface area contributed by atoms with Gasteiger partial charge in [-0.25, -0.2) is 19.7 Å². The Hall–Kier alpha value is -4.31. The number of nitrogen functional groups attached to an aromatic ring is 1. The van der Waals surface area contributed by atoms with Gasteiger partial charge in [0, 0.05) is 18.2 Å². The van der Waals surface area contributed by atoms with Gasteiger partial charge in [0.15, 0.2) is 23.8 Å². The Morgan fingerprint density at radius 3 is 2.56 bits per heavy atom. The standard InChI is InChI=1S/C27H30N6O6/c1-5-29-25(37)22-20(35)21(36)26(38-22)33-14-30-19-23(28)31-17(32-24(19)33)12-10-15-6-8-16(9-7-15)11-13-18(34)39-27(2,3)4/h6-9,11,13-14,20-22,26,35-36H,5H2,1-4H3,(H,29,37)(H2,28,31,32)/b13-11+/t20-,21+,22-,26+/m0/s1. The zero-order valence-electron chi connectivity index (χ0n) is 22.0. The zero-order chi connectivity index (χ0) is 28.3. The number of hydrogen-bond donors (Lipinski definition) is 4. The number of benzene rings is 1. The number of carbonyl (C=O) groups excluding carboxylic acids is 2. The molecule has 1 aromatic carbocycles. The van der Waals surface area contributed by atoms with Crippen molar-refractivity contribution in [1.29, 1.82) is 0 Å². The minimum absolute atomic E-state index is 0.0685. The highest BCUT2D eigenvalue weighted by Gasteiger charge is 2.47. The summed E-state index contributed by atoms with van der Waals surface area (Å²) in [4.78, 5) is 36.9. The summed E-state index contributed by atoms with van der Waals surface area (Å²) in [6.07, 6.45) is -0.891. The van der Waals surface area contributed by atoms with Crippen LogP contribution >= 0.6 is 0 Å². The number of aliphatic hydroxyl groups excluding tert-OH is 2. The van der Waals surface area contributed by atoms with Gasteiger partial charge < -0.3 is 30.7 Å². The number of nitrogens with two attached hydrogens (primary N) is 1. The maximum absolute atomic E-state index is 12.2. The number of esters is 1. The first-order valence-corrected chi connectivity index (χ1v) is 12.3. The Kier molecular flexibility index (Phi) is 7.96. The number of rotatable bonds is 5. The third-order valence-electron chi connectivity index (χ3n) is 5.62. The van der Waals surface area contributed by atoms with Crippen LogP contribution in [0, 0.1) is 11.8 Å². The fourth-order valence-electron chi connectivity index (χ4n) is 3.87. The molecule has 0 saturated carbocycles. The summed E-state index contributed by atoms with van der Waals surface area (Å²) >= 11 is 0. The van der Waals surface area contributed by atoms with Crippen molar-refractivity contribution in [3.63, 3.8) is 0 Å². The van der Waals surface area contributed by atoms with E-state index in [0.717, 1.165) is 5.56 Å². The fourth-order valence-corrected chi connectivity index (χ4v) is 3.87. The average molecular weight is 535 g/mol. The summed E-state index contributed by atoms with van der Waals surface area (Å²) in [6, 6.07) is 7.15. The van der Waals surface area contributed by atoms with Crippen molar-refractivity contribution in [3.8, 4) is 11.8 Å². The van der Waals surface area contributed by atoms with E-state index >= 15 is 0 Å². The number of carbonyl (C=O) groups is 2. The molecule has 3 aromatic rings. The van der Waals surface area contributed by atoms with Crippen LogP contribution in [0.4, 0.5) is 5.82 Å². The van der Waals surface area contributed by atoms with Gasteiger partial charge in [0.2, 0.25) is 5.82 Å². The lowest BCUT2D eigenvalue weighted by Crippen LogP contribution is -2.42. The number of likely N-dealkylation sites (N-methyl/N-ethyl adjacent to an activating group) is 1. The van der Waals surface area contributed by atoms with E-state index in [4.69, 9.17) is 15.2 Å². The van der Waals surface area contributed by atoms with Crippen LogP contribution < -0.4 is 11.1 Å². The van der Waals surface area contributed by atoms with Crippen LogP contribution in [0.1, 0.15) is 50.9 Å². The maximum Gasteiger partial charge on any atom is 0.331 e. The number of aromatic nitrogens is 4. The lowest BCUT2D eigenvalue weighted by Gasteiger charge is -2.17. The minimum atomic E-state index is -1.45. The Balaban J connectivity index is 1.54. The molecule has 0 radical (unpaired) electrons. The van der Waals surface area contributed by atoms with Crippen molar-refractivity contribution in [2.24, 2.45) is 0 Å². The largest absolute Gasteiger partial charge is 0.457 e. The molecule has 5 N–H and O–H groups in total. The number of hydrogen-bond acceptors (Lipinski definition) is 10. The third-order valence-corrected chi connectivity index (χ3v) is 5.62. The van der Waals surface area contributed by atoms with Crippen LogP contribution in [0.3, 0.4) is 0 Å². The molecule has 0 aliphatic carbocycles. The van der Waals surface area contributed by atoms with Gasteiger partial charge in [-0.1, -0.05) is 18.1 Å². The van der Waals surface area contributed by atoms with Gasteiger partial charge in [-0.05, 0) is 57.4 Å². The number of amides is 1. The molecule has 4 atom stereocenters. The van der Waals surface area contributed by atoms with Gasteiger partial charge >= 0.3 is 5.97 Å². The predicted octanol–water partition coefficient (Wildman–Crippen LogP) is 0.918. The molecule has 12 nitrogen and oxygen atoms in total. The average Bonchev–Trinajstić information content (AvgIpc) is 3.42. The molecular formula is C27H30N6O6. The van der Waals surface area contributed by atoms with Crippen molar-refractivity contribution in [2.45, 2.75) is 57.8 Å². The number of nitrogens with zero attached hydrogens (tertiary/aromatic N) is 4. The fraction of sp³-hybridized carbons (Fsp3) is 0.370. The smallest absolute Gasteiger partial charge is 0.331 e. The zero-order valence-corrected chi connectivity index (χ0v) is 22.0. The predicted molar refractivity (Wildman–Crippen MR) is 142 cm³/mol. The van der Waals surface area contributed by atoms with Gasteiger partial charge in [-0.15, -0.1) is 0 Å². The van der Waals surface area contributed by atoms with E-state index in [-0.39, 0.29) is 22.8 Å². The molecule has 204 valence electrons. The molecule has 1 fully saturated rings. The van der Waals surface area contributed by atoms with Gasteiger partial charge in [0.05, 0.1) is 6.33 Å². The Bertz CT molecular complexity index is 1460. The quantitative estimate of drug-likeness (QED) is 0.209. The molecule has 0 unspecified atom stereocenters. The summed E-state index contributed by atoms with van der Waals surface area (Å²) in [5, 5.41) is 23.5. The highest BCUT2D eigenvalue weighted by atomic mass is 16.6. The summed E-state index contributed by atoms with van der Waals surface area (Å²) in [5.74, 6) is 5.02. The first kappa shape index (κ1) is 27.7. The molecule has 39 heavy (non-hydrogen) atoms. The SMILES string of the molecule is CCNC(=O)[C@H]1O[C@@H](n2cnc3c(N)nc(C#Cc4ccc(/C=C/C(=O)OC(C)(C)C)cc4)nc32)[C@H](O)[C@@H]1O. The van der Waals surface area contributed by atoms with Crippen LogP contribution in [0.15, 0.2) is 36.7 Å². The summed E-state index contributed by atoms with van der Waals surface area (Å²) in [6.45, 7) is 7.48. The normalized spacial score (nSPS) is 21.1. The lowest BCUT2D eigenvalue weighted by molar-refractivity contribution is -0.148. The van der Waals surface area contributed by atoms with Gasteiger partial charge in [-0.3, -0.25) is 9.36 Å². The first-order chi connectivity index (χ1) is 18.5. The second kappa shape index (κ2) is 11.2. The maximum atomic E-state index is 12.2. The van der Waals surface area contributed by atoms with E-state index in [9.17, 15) is 19.8 Å². The van der Waals surface area contributed by atoms with Crippen LogP contribution in [-0.2, 0) is 19.1 Å². The Morgan fingerprint density at radius 1 is 1.18 bits per heavy atom. The van der Waals surface area contributed by atoms with E-state index in [0.29, 0.717) is 12.1 Å². The molecule has 1 aliphatic heterocycles. The molecule has 3 heterocycles. The second-order valence-electron chi connectivity index (χ2n) is 9.82. The lowest BCUT2D eigenvalue weighted by atomic mass is 10.1. The van der Waals surface area contributed by atoms with E-state index < -0.39 is 42.0 Å². The van der Waals surface area contributed by atoms with E-state index in [1.165, 1.54) is 17.0 Å². The number of anilines is 1. The number of aliphatic hydroxyl groups is 2. The monoisotopic (exact) mass is 534 g/mol. The van der Waals surface area contributed by atoms with Crippen LogP contribution in [0.25, 0.3) is 17.2 Å². The van der Waals surface area contributed by atoms with Crippen molar-refractivity contribution in [1.82, 2.24) is 24.8 Å². The van der Waals surface area contributed by atoms with Crippen molar-refractivity contribution < 1.29 is 29.3 Å². The number of imidazole rings is 1. The van der Waals surface area contributed by atoms with E-state index in [1.807, 2.05) is 0 Å². The van der Waals surface area contributed by atoms with Crippen molar-refractivity contribution in [3.05, 3.63) is 53.6 Å². The Labute approximate surface area is 224 Å². The molecule has 0 bridgehead atoms. The number of fused-ring (bicyclic) bond motifs is 1. The molecule has 12 heteroatoms. The highest BCUT2D eigenvalue weighted by molar-refractivity contribution is 5.87. The van der Waals surface area contributed by atoms with E-state index in [2.05, 4.69) is 32.1 Å². The molecule has 1 saturated heterocycles. The molecule has 1 amide bonds. The van der Waals surface area contributed by atoms with Crippen LogP contribution in [0.2, 0.25) is 0 Å². The van der Waals surface area contributed by atoms with Gasteiger partial charge in [0.1, 0.15) is 23.3 Å². The highest BCUT2D eigenvalue weighted by Crippen LogP contribution is 2.32. The minimum Gasteiger partial charge on any atom is -0.457 e. The molecular weight excluding hydrogens is 504 g/mol. The molecule has 4 rings (SSSR count). The first-order valence-electron chi connectivity index (χ1n) is 12.3. The number of nitrogens with one attached hydrogen (secondary N) is 1. The van der Waals surface area contributed by atoms with Crippen LogP contribution in [-0.4, -0.2) is 72.1 Å². The Morgan fingerprint density at radius 2 is 1.90 bits per heavy atom. The molecule has 2 aromatic heterocycles. The topological polar surface area (TPSA) is 175 Å². The molecule has 0 spiro atoms. The summed E-state index contributed by atoms with van der Waals surface area (Å²) in [5.41, 5.74) is 7.45. The van der Waals surface area contributed by atoms with Crippen molar-refractivity contribution in [2.75, 3.05) is 12.3 Å². The second-order valence-corrected chi connectivity index (χ2v) is 9.82. The van der Waals surface area contributed by atoms with Crippen molar-refractivity contribution >= 4 is 34.9 Å². The summed E-state index contributed by atoms with van der Waals surface area (Å²) in [7, 11) is 0.